The van der Waals surface area contributed by atoms with Gasteiger partial charge in [0.25, 0.3) is 0 Å². The minimum Gasteiger partial charge on any atom is -0.497 e. The van der Waals surface area contributed by atoms with Crippen LogP contribution in [0, 0.1) is 11.3 Å². The van der Waals surface area contributed by atoms with Crippen molar-refractivity contribution in [2.75, 3.05) is 20.2 Å². The standard InChI is InChI=1S/C18H18N2O3S/c1-23-17-6-4-15(5-7-17)16-10-11-20(13-16)24(21,22)18-8-2-14(12-19)3-9-18/h2-9,16H,10-11,13H2,1H3. The highest BCUT2D eigenvalue weighted by Gasteiger charge is 2.33. The number of hydrogen-bond acceptors (Lipinski definition) is 4. The molecule has 24 heavy (non-hydrogen) atoms. The molecule has 5 nitrogen and oxygen atoms in total. The number of rotatable bonds is 4. The topological polar surface area (TPSA) is 70.4 Å². The van der Waals surface area contributed by atoms with E-state index >= 15 is 0 Å². The number of nitriles is 1. The second-order valence-corrected chi connectivity index (χ2v) is 7.70. The summed E-state index contributed by atoms with van der Waals surface area (Å²) in [5.74, 6) is 0.975. The molecule has 0 saturated carbocycles. The molecular weight excluding hydrogens is 324 g/mol. The summed E-state index contributed by atoms with van der Waals surface area (Å²) in [5.41, 5.74) is 1.57. The summed E-state index contributed by atoms with van der Waals surface area (Å²) in [7, 11) is -1.90. The summed E-state index contributed by atoms with van der Waals surface area (Å²) in [4.78, 5) is 0.233. The Morgan fingerprint density at radius 2 is 1.79 bits per heavy atom. The molecule has 6 heteroatoms. The lowest BCUT2D eigenvalue weighted by molar-refractivity contribution is 0.414. The van der Waals surface area contributed by atoms with E-state index in [0.717, 1.165) is 17.7 Å². The van der Waals surface area contributed by atoms with Crippen LogP contribution in [0.15, 0.2) is 53.4 Å². The maximum atomic E-state index is 12.7. The Morgan fingerprint density at radius 1 is 1.12 bits per heavy atom. The van der Waals surface area contributed by atoms with Gasteiger partial charge in [-0.05, 0) is 54.3 Å². The molecule has 0 spiro atoms. The molecule has 0 radical (unpaired) electrons. The zero-order valence-electron chi connectivity index (χ0n) is 13.3. The first-order valence-corrected chi connectivity index (χ1v) is 9.13. The van der Waals surface area contributed by atoms with Crippen LogP contribution in [0.25, 0.3) is 0 Å². The van der Waals surface area contributed by atoms with Crippen molar-refractivity contribution < 1.29 is 13.2 Å². The number of ether oxygens (including phenoxy) is 1. The van der Waals surface area contributed by atoms with Crippen molar-refractivity contribution in [3.8, 4) is 11.8 Å². The van der Waals surface area contributed by atoms with Crippen LogP contribution in [0.5, 0.6) is 5.75 Å². The van der Waals surface area contributed by atoms with Gasteiger partial charge in [0.15, 0.2) is 0 Å². The van der Waals surface area contributed by atoms with Gasteiger partial charge >= 0.3 is 0 Å². The molecule has 1 aliphatic heterocycles. The van der Waals surface area contributed by atoms with Crippen molar-refractivity contribution in [3.05, 3.63) is 59.7 Å². The monoisotopic (exact) mass is 342 g/mol. The molecule has 1 atom stereocenters. The fourth-order valence-electron chi connectivity index (χ4n) is 2.95. The highest BCUT2D eigenvalue weighted by atomic mass is 32.2. The molecule has 0 N–H and O–H groups in total. The second kappa shape index (κ2) is 6.63. The van der Waals surface area contributed by atoms with E-state index in [9.17, 15) is 8.42 Å². The van der Waals surface area contributed by atoms with E-state index in [4.69, 9.17) is 10.00 Å². The van der Waals surface area contributed by atoms with Gasteiger partial charge in [0.05, 0.1) is 23.6 Å². The molecule has 2 aromatic rings. The Bertz CT molecular complexity index is 853. The van der Waals surface area contributed by atoms with Crippen molar-refractivity contribution >= 4 is 10.0 Å². The highest BCUT2D eigenvalue weighted by molar-refractivity contribution is 7.89. The minimum absolute atomic E-state index is 0.184. The number of benzene rings is 2. The lowest BCUT2D eigenvalue weighted by atomic mass is 9.99. The van der Waals surface area contributed by atoms with E-state index < -0.39 is 10.0 Å². The number of hydrogen-bond donors (Lipinski definition) is 0. The van der Waals surface area contributed by atoms with Crippen LogP contribution in [-0.4, -0.2) is 32.9 Å². The quantitative estimate of drug-likeness (QED) is 0.856. The number of sulfonamides is 1. The smallest absolute Gasteiger partial charge is 0.243 e. The van der Waals surface area contributed by atoms with Crippen molar-refractivity contribution in [1.29, 1.82) is 5.26 Å². The average Bonchev–Trinajstić information content (AvgIpc) is 3.13. The second-order valence-electron chi connectivity index (χ2n) is 5.76. The van der Waals surface area contributed by atoms with E-state index in [1.807, 2.05) is 30.3 Å². The van der Waals surface area contributed by atoms with E-state index in [1.54, 1.807) is 7.11 Å². The number of methoxy groups -OCH3 is 1. The van der Waals surface area contributed by atoms with Crippen LogP contribution >= 0.6 is 0 Å². The molecule has 0 aliphatic carbocycles. The van der Waals surface area contributed by atoms with Crippen LogP contribution in [0.4, 0.5) is 0 Å². The molecule has 3 rings (SSSR count). The predicted molar refractivity (Wildman–Crippen MR) is 90.3 cm³/mol. The third-order valence-corrected chi connectivity index (χ3v) is 6.24. The van der Waals surface area contributed by atoms with Gasteiger partial charge < -0.3 is 4.74 Å². The first kappa shape index (κ1) is 16.5. The molecule has 1 heterocycles. The lowest BCUT2D eigenvalue weighted by Gasteiger charge is -2.17. The molecule has 1 aliphatic rings. The van der Waals surface area contributed by atoms with Gasteiger partial charge in [-0.2, -0.15) is 9.57 Å². The van der Waals surface area contributed by atoms with Gasteiger partial charge in [-0.1, -0.05) is 12.1 Å². The average molecular weight is 342 g/mol. The molecule has 1 saturated heterocycles. The van der Waals surface area contributed by atoms with Crippen molar-refractivity contribution in [2.45, 2.75) is 17.2 Å². The van der Waals surface area contributed by atoms with E-state index in [0.29, 0.717) is 18.7 Å². The predicted octanol–water partition coefficient (Wildman–Crippen LogP) is 2.75. The Labute approximate surface area is 142 Å². The summed E-state index contributed by atoms with van der Waals surface area (Å²) >= 11 is 0. The SMILES string of the molecule is COc1ccc(C2CCN(S(=O)(=O)c3ccc(C#N)cc3)C2)cc1. The molecule has 2 aromatic carbocycles. The Kier molecular flexibility index (Phi) is 4.56. The Morgan fingerprint density at radius 3 is 2.38 bits per heavy atom. The first-order chi connectivity index (χ1) is 11.5. The highest BCUT2D eigenvalue weighted by Crippen LogP contribution is 2.31. The third-order valence-electron chi connectivity index (χ3n) is 4.36. The lowest BCUT2D eigenvalue weighted by Crippen LogP contribution is -2.28. The fraction of sp³-hybridized carbons (Fsp3) is 0.278. The Hall–Kier alpha value is -2.36. The van der Waals surface area contributed by atoms with Crippen molar-refractivity contribution in [2.24, 2.45) is 0 Å². The van der Waals surface area contributed by atoms with E-state index in [1.165, 1.54) is 28.6 Å². The maximum Gasteiger partial charge on any atom is 0.243 e. The molecule has 1 fully saturated rings. The summed E-state index contributed by atoms with van der Waals surface area (Å²) in [6.07, 6.45) is 0.793. The van der Waals surface area contributed by atoms with Gasteiger partial charge in [0, 0.05) is 13.1 Å². The first-order valence-electron chi connectivity index (χ1n) is 7.69. The minimum atomic E-state index is -3.52. The van der Waals surface area contributed by atoms with Gasteiger partial charge in [0.2, 0.25) is 10.0 Å². The largest absolute Gasteiger partial charge is 0.497 e. The van der Waals surface area contributed by atoms with Crippen molar-refractivity contribution in [1.82, 2.24) is 4.31 Å². The Balaban J connectivity index is 1.77. The maximum absolute atomic E-state index is 12.7. The molecule has 1 unspecified atom stereocenters. The molecule has 0 aromatic heterocycles. The summed E-state index contributed by atoms with van der Waals surface area (Å²) < 4.78 is 32.1. The summed E-state index contributed by atoms with van der Waals surface area (Å²) in [6.45, 7) is 0.966. The number of nitrogens with zero attached hydrogens (tertiary/aromatic N) is 2. The van der Waals surface area contributed by atoms with Crippen molar-refractivity contribution in [3.63, 3.8) is 0 Å². The van der Waals surface area contributed by atoms with Gasteiger partial charge in [0.1, 0.15) is 5.75 Å². The van der Waals surface area contributed by atoms with Crippen LogP contribution in [0.1, 0.15) is 23.5 Å². The summed E-state index contributed by atoms with van der Waals surface area (Å²) in [5, 5.41) is 8.82. The van der Waals surface area contributed by atoms with Crippen LogP contribution in [0.3, 0.4) is 0 Å². The van der Waals surface area contributed by atoms with Gasteiger partial charge in [-0.15, -0.1) is 0 Å². The third kappa shape index (κ3) is 3.14. The van der Waals surface area contributed by atoms with Gasteiger partial charge in [-0.3, -0.25) is 0 Å². The van der Waals surface area contributed by atoms with Crippen LogP contribution in [0.2, 0.25) is 0 Å². The normalized spacial score (nSPS) is 18.2. The summed E-state index contributed by atoms with van der Waals surface area (Å²) in [6, 6.07) is 15.8. The zero-order valence-corrected chi connectivity index (χ0v) is 14.2. The van der Waals surface area contributed by atoms with Crippen LogP contribution in [-0.2, 0) is 10.0 Å². The van der Waals surface area contributed by atoms with Crippen LogP contribution < -0.4 is 4.74 Å². The van der Waals surface area contributed by atoms with E-state index in [2.05, 4.69) is 0 Å². The molecular formula is C18H18N2O3S. The molecule has 0 bridgehead atoms. The van der Waals surface area contributed by atoms with Gasteiger partial charge in [-0.25, -0.2) is 8.42 Å². The molecule has 0 amide bonds. The molecule has 124 valence electrons. The van der Waals surface area contributed by atoms with E-state index in [-0.39, 0.29) is 10.8 Å². The zero-order chi connectivity index (χ0) is 17.2. The fourth-order valence-corrected chi connectivity index (χ4v) is 4.45.